The fraction of sp³-hybridized carbons (Fsp3) is 0.654. The number of unbranched alkanes of at least 4 members (excludes halogenated alkanes) is 1. The van der Waals surface area contributed by atoms with Gasteiger partial charge in [0.2, 0.25) is 59.1 Å². The van der Waals surface area contributed by atoms with Crippen LogP contribution in [-0.2, 0) is 64.0 Å². The molecule has 1 rings (SSSR count). The van der Waals surface area contributed by atoms with Crippen LogP contribution in [0.4, 0.5) is 0 Å². The van der Waals surface area contributed by atoms with Crippen LogP contribution in [-0.4, -0.2) is 153 Å². The summed E-state index contributed by atoms with van der Waals surface area (Å²) < 4.78 is 0. The molecule has 0 unspecified atom stereocenters. The van der Waals surface area contributed by atoms with Gasteiger partial charge in [0.05, 0.1) is 12.1 Å². The van der Waals surface area contributed by atoms with Gasteiger partial charge < -0.3 is 80.8 Å². The Bertz CT molecular complexity index is 2210. The van der Waals surface area contributed by atoms with Crippen molar-refractivity contribution in [3.63, 3.8) is 0 Å². The van der Waals surface area contributed by atoms with E-state index in [1.165, 1.54) is 0 Å². The zero-order valence-corrected chi connectivity index (χ0v) is 46.3. The molecule has 0 radical (unpaired) electrons. The zero-order valence-electron chi connectivity index (χ0n) is 46.3. The molecule has 0 aromatic heterocycles. The molecule has 0 saturated heterocycles. The van der Waals surface area contributed by atoms with Crippen molar-refractivity contribution in [2.24, 2.45) is 40.7 Å². The molecule has 1 aromatic rings. The second-order valence-corrected chi connectivity index (χ2v) is 20.9. The van der Waals surface area contributed by atoms with Crippen LogP contribution < -0.4 is 65.5 Å². The van der Waals surface area contributed by atoms with Crippen LogP contribution >= 0.6 is 0 Å². The lowest BCUT2D eigenvalue weighted by Crippen LogP contribution is -2.61. The minimum absolute atomic E-state index is 0.0115. The van der Waals surface area contributed by atoms with Gasteiger partial charge in [0.25, 0.3) is 0 Å². The summed E-state index contributed by atoms with van der Waals surface area (Å²) in [7, 11) is 0. The number of carboxylic acids is 2. The van der Waals surface area contributed by atoms with Gasteiger partial charge in [-0.15, -0.1) is 0 Å². The molecular weight excluding hydrogens is 1030 g/mol. The summed E-state index contributed by atoms with van der Waals surface area (Å²) >= 11 is 0. The first-order valence-corrected chi connectivity index (χ1v) is 26.6. The summed E-state index contributed by atoms with van der Waals surface area (Å²) in [4.78, 5) is 159. The van der Waals surface area contributed by atoms with E-state index in [0.717, 1.165) is 6.92 Å². The molecule has 0 aliphatic rings. The summed E-state index contributed by atoms with van der Waals surface area (Å²) in [6.07, 6.45) is -3.35. The number of primary amides is 2. The lowest BCUT2D eigenvalue weighted by molar-refractivity contribution is -0.143. The predicted molar refractivity (Wildman–Crippen MR) is 288 cm³/mol. The molecule has 27 heteroatoms. The Morgan fingerprint density at radius 1 is 0.456 bits per heavy atom. The van der Waals surface area contributed by atoms with E-state index in [0.29, 0.717) is 24.9 Å². The second kappa shape index (κ2) is 36.0. The molecular formula is C52H86N12O15. The van der Waals surface area contributed by atoms with Gasteiger partial charge in [0, 0.05) is 25.7 Å². The van der Waals surface area contributed by atoms with Crippen LogP contribution in [0.3, 0.4) is 0 Å². The molecule has 0 bridgehead atoms. The highest BCUT2D eigenvalue weighted by molar-refractivity contribution is 5.98. The maximum absolute atomic E-state index is 14.5. The Morgan fingerprint density at radius 2 is 0.823 bits per heavy atom. The number of nitrogens with two attached hydrogens (primary N) is 4. The van der Waals surface area contributed by atoms with Crippen molar-refractivity contribution in [3.8, 4) is 0 Å². The van der Waals surface area contributed by atoms with E-state index in [-0.39, 0.29) is 49.9 Å². The molecule has 444 valence electrons. The summed E-state index contributed by atoms with van der Waals surface area (Å²) in [5.74, 6) is -12.8. The molecule has 0 aliphatic carbocycles. The molecule has 10 amide bonds. The maximum atomic E-state index is 14.5. The van der Waals surface area contributed by atoms with Crippen molar-refractivity contribution in [1.82, 2.24) is 42.5 Å². The normalized spacial score (nSPS) is 15.1. The fourth-order valence-corrected chi connectivity index (χ4v) is 8.01. The highest BCUT2D eigenvalue weighted by atomic mass is 16.4. The summed E-state index contributed by atoms with van der Waals surface area (Å²) in [6.45, 7) is 12.0. The summed E-state index contributed by atoms with van der Waals surface area (Å²) in [5, 5.41) is 49.6. The van der Waals surface area contributed by atoms with Gasteiger partial charge in [-0.25, -0.2) is 4.79 Å². The second-order valence-electron chi connectivity index (χ2n) is 20.9. The molecule has 0 spiro atoms. The number of aliphatic carboxylic acids is 2. The van der Waals surface area contributed by atoms with Gasteiger partial charge in [-0.2, -0.15) is 0 Å². The first-order chi connectivity index (χ1) is 36.9. The summed E-state index contributed by atoms with van der Waals surface area (Å²) in [6, 6.07) is -5.04. The van der Waals surface area contributed by atoms with Crippen molar-refractivity contribution in [2.45, 2.75) is 192 Å². The number of benzene rings is 1. The van der Waals surface area contributed by atoms with Crippen molar-refractivity contribution in [3.05, 3.63) is 35.9 Å². The Labute approximate surface area is 460 Å². The molecule has 1 aromatic carbocycles. The standard InChI is InChI=1S/C52H86N12O15/c1-27(2)23-36(60-44(70)32(54)15-11-12-22-53)48(74)58-33(16-19-40(55)66)45(71)57-35(18-21-42(68)69)46(72)62-38(26-31-13-9-8-10-14-31)50(76)61-37(24-28(3)4)49(75)59-34(17-20-41(56)67)47(73)64-43(30(7)65)51(77)63-39(52(78)79)25-29(5)6/h8-10,13-14,27-30,32-39,43,65H,11-12,15-26,53-54H2,1-7H3,(H2,55,66)(H2,56,67)(H,57,71)(H,58,74)(H,59,75)(H,60,70)(H,61,76)(H,62,72)(H,63,77)(H,64,73)(H,68,69)(H,78,79)/t30-,32+,33+,34+,35+,36+,37+,38+,39+,43+/m1/s1. The molecule has 27 nitrogen and oxygen atoms in total. The quantitative estimate of drug-likeness (QED) is 0.0305. The van der Waals surface area contributed by atoms with Crippen LogP contribution in [0.15, 0.2) is 30.3 Å². The molecule has 79 heavy (non-hydrogen) atoms. The van der Waals surface area contributed by atoms with Gasteiger partial charge >= 0.3 is 11.9 Å². The number of hydrogen-bond acceptors (Lipinski definition) is 15. The van der Waals surface area contributed by atoms with E-state index in [1.54, 1.807) is 71.9 Å². The average molecular weight is 1120 g/mol. The molecule has 10 atom stereocenters. The van der Waals surface area contributed by atoms with Crippen LogP contribution in [0.25, 0.3) is 0 Å². The van der Waals surface area contributed by atoms with E-state index in [2.05, 4.69) is 42.5 Å². The molecule has 19 N–H and O–H groups in total. The smallest absolute Gasteiger partial charge is 0.326 e. The Hall–Kier alpha value is -7.26. The monoisotopic (exact) mass is 1120 g/mol. The number of aliphatic hydroxyl groups is 1. The number of amides is 10. The number of nitrogens with one attached hydrogen (secondary N) is 8. The van der Waals surface area contributed by atoms with Crippen molar-refractivity contribution in [1.29, 1.82) is 0 Å². The van der Waals surface area contributed by atoms with Gasteiger partial charge in [-0.05, 0) is 88.2 Å². The first kappa shape index (κ1) is 69.8. The number of hydrogen-bond donors (Lipinski definition) is 15. The molecule has 0 heterocycles. The zero-order chi connectivity index (χ0) is 60.1. The van der Waals surface area contributed by atoms with Gasteiger partial charge in [-0.3, -0.25) is 52.7 Å². The Balaban J connectivity index is 3.66. The van der Waals surface area contributed by atoms with Crippen LogP contribution in [0.5, 0.6) is 0 Å². The van der Waals surface area contributed by atoms with E-state index in [1.807, 2.05) is 0 Å². The fourth-order valence-electron chi connectivity index (χ4n) is 8.01. The maximum Gasteiger partial charge on any atom is 0.326 e. The number of rotatable bonds is 39. The van der Waals surface area contributed by atoms with Gasteiger partial charge in [-0.1, -0.05) is 78.3 Å². The van der Waals surface area contributed by atoms with Crippen LogP contribution in [0.1, 0.15) is 131 Å². The van der Waals surface area contributed by atoms with Crippen LogP contribution in [0, 0.1) is 17.8 Å². The first-order valence-electron chi connectivity index (χ1n) is 26.6. The third-order valence-corrected chi connectivity index (χ3v) is 12.2. The SMILES string of the molecule is CC(C)C[C@H](NC(=O)[C@@H](NC(=O)[C@H](CCC(N)=O)NC(=O)[C@H](CC(C)C)NC(=O)[C@H](Cc1ccccc1)NC(=O)[C@H](CCC(=O)O)NC(=O)[C@H](CCC(N)=O)NC(=O)[C@H](CC(C)C)NC(=O)[C@@H](N)CCCCN)[C@@H](C)O)C(=O)O. The van der Waals surface area contributed by atoms with Gasteiger partial charge in [0.15, 0.2) is 0 Å². The number of carbonyl (C=O) groups is 12. The topological polar surface area (TPSA) is 466 Å². The summed E-state index contributed by atoms with van der Waals surface area (Å²) in [5.41, 5.74) is 22.9. The highest BCUT2D eigenvalue weighted by Gasteiger charge is 2.37. The lowest BCUT2D eigenvalue weighted by atomic mass is 9.99. The van der Waals surface area contributed by atoms with E-state index in [9.17, 15) is 72.9 Å². The number of carboxylic acid groups (broad SMARTS) is 2. The minimum atomic E-state index is -1.74. The van der Waals surface area contributed by atoms with Crippen LogP contribution in [0.2, 0.25) is 0 Å². The molecule has 0 saturated carbocycles. The van der Waals surface area contributed by atoms with Crippen molar-refractivity contribution >= 4 is 71.0 Å². The van der Waals surface area contributed by atoms with E-state index >= 15 is 0 Å². The Kier molecular flexibility index (Phi) is 31.8. The predicted octanol–water partition coefficient (Wildman–Crippen LogP) is -2.44. The number of aliphatic hydroxyl groups excluding tert-OH is 1. The average Bonchev–Trinajstić information content (AvgIpc) is 3.35. The van der Waals surface area contributed by atoms with Gasteiger partial charge in [0.1, 0.15) is 48.3 Å². The number of carbonyl (C=O) groups excluding carboxylic acids is 10. The largest absolute Gasteiger partial charge is 0.481 e. The lowest BCUT2D eigenvalue weighted by Gasteiger charge is -2.29. The molecule has 0 fully saturated rings. The third-order valence-electron chi connectivity index (χ3n) is 12.2. The van der Waals surface area contributed by atoms with E-state index < -0.39 is 170 Å². The Morgan fingerprint density at radius 3 is 1.23 bits per heavy atom. The highest BCUT2D eigenvalue weighted by Crippen LogP contribution is 2.14. The molecule has 0 aliphatic heterocycles. The van der Waals surface area contributed by atoms with Crippen molar-refractivity contribution < 1.29 is 72.9 Å². The minimum Gasteiger partial charge on any atom is -0.481 e. The van der Waals surface area contributed by atoms with E-state index in [4.69, 9.17) is 22.9 Å². The third kappa shape index (κ3) is 28.3. The van der Waals surface area contributed by atoms with Crippen molar-refractivity contribution in [2.75, 3.05) is 6.54 Å².